The number of aliphatic hydroxyl groups is 1. The predicted molar refractivity (Wildman–Crippen MR) is 104 cm³/mol. The van der Waals surface area contributed by atoms with Crippen molar-refractivity contribution in [2.75, 3.05) is 6.61 Å². The normalized spacial score (nSPS) is 13.7. The number of rotatable bonds is 10. The molecule has 0 radical (unpaired) electrons. The monoisotopic (exact) mass is 354 g/mol. The summed E-state index contributed by atoms with van der Waals surface area (Å²) in [6, 6.07) is 16.3. The molecule has 2 aromatic carbocycles. The maximum atomic E-state index is 12.8. The lowest BCUT2D eigenvalue weighted by Gasteiger charge is -2.22. The molecular formula is C23H27FO2. The van der Waals surface area contributed by atoms with Crippen LogP contribution in [-0.2, 0) is 4.79 Å². The maximum Gasteiger partial charge on any atom is 0.133 e. The van der Waals surface area contributed by atoms with Gasteiger partial charge in [-0.2, -0.15) is 0 Å². The van der Waals surface area contributed by atoms with Gasteiger partial charge in [0.25, 0.3) is 0 Å². The number of carbonyl (C=O) groups is 1. The van der Waals surface area contributed by atoms with Crippen LogP contribution >= 0.6 is 0 Å². The number of hydrogen-bond acceptors (Lipinski definition) is 2. The smallest absolute Gasteiger partial charge is 0.133 e. The predicted octanol–water partition coefficient (Wildman–Crippen LogP) is 5.38. The van der Waals surface area contributed by atoms with Gasteiger partial charge in [0.1, 0.15) is 11.6 Å². The lowest BCUT2D eigenvalue weighted by Crippen LogP contribution is -2.15. The fourth-order valence-corrected chi connectivity index (χ4v) is 3.07. The molecule has 0 aliphatic carbocycles. The summed E-state index contributed by atoms with van der Waals surface area (Å²) in [6.07, 6.45) is 6.38. The Hall–Kier alpha value is -2.26. The molecule has 0 heterocycles. The Morgan fingerprint density at radius 3 is 2.42 bits per heavy atom. The molecule has 138 valence electrons. The number of aliphatic hydroxyl groups excluding tert-OH is 1. The number of halogens is 1. The van der Waals surface area contributed by atoms with Crippen molar-refractivity contribution in [3.05, 3.63) is 77.6 Å². The fourth-order valence-electron chi connectivity index (χ4n) is 3.07. The molecular weight excluding hydrogens is 327 g/mol. The molecule has 0 spiro atoms. The van der Waals surface area contributed by atoms with Gasteiger partial charge in [0.15, 0.2) is 0 Å². The fraction of sp³-hybridized carbons (Fsp3) is 0.348. The van der Waals surface area contributed by atoms with Crippen LogP contribution in [0.1, 0.15) is 49.7 Å². The van der Waals surface area contributed by atoms with Crippen molar-refractivity contribution in [2.45, 2.75) is 38.5 Å². The van der Waals surface area contributed by atoms with Crippen LogP contribution in [0.4, 0.5) is 4.39 Å². The van der Waals surface area contributed by atoms with Crippen molar-refractivity contribution in [1.29, 1.82) is 0 Å². The lowest BCUT2D eigenvalue weighted by molar-refractivity contribution is -0.119. The highest BCUT2D eigenvalue weighted by molar-refractivity contribution is 5.78. The van der Waals surface area contributed by atoms with Crippen molar-refractivity contribution >= 4 is 11.9 Å². The summed E-state index contributed by atoms with van der Waals surface area (Å²) in [6.45, 7) is 2.19. The molecule has 2 nitrogen and oxygen atoms in total. The summed E-state index contributed by atoms with van der Waals surface area (Å²) in [5.41, 5.74) is 2.05. The standard InChI is InChI=1S/C23H27FO2/c1-18(23(17-25)20-8-3-2-4-9-20)11-16-22(26)10-6-5-7-19-12-14-21(24)15-13-19/h2-5,7-9,12-15,18,23,25H,6,10-11,16-17H2,1H3/b7-5+/t18-,23?/m0/s1. The number of hydrogen-bond donors (Lipinski definition) is 1. The van der Waals surface area contributed by atoms with Crippen LogP contribution in [-0.4, -0.2) is 17.5 Å². The van der Waals surface area contributed by atoms with E-state index < -0.39 is 0 Å². The van der Waals surface area contributed by atoms with Crippen molar-refractivity contribution in [1.82, 2.24) is 0 Å². The molecule has 2 rings (SSSR count). The van der Waals surface area contributed by atoms with Gasteiger partial charge >= 0.3 is 0 Å². The summed E-state index contributed by atoms with van der Waals surface area (Å²) >= 11 is 0. The molecule has 0 bridgehead atoms. The molecule has 26 heavy (non-hydrogen) atoms. The molecule has 1 N–H and O–H groups in total. The first kappa shape index (κ1) is 20.1. The quantitative estimate of drug-likeness (QED) is 0.622. The Labute approximate surface area is 155 Å². The van der Waals surface area contributed by atoms with Gasteiger partial charge < -0.3 is 5.11 Å². The molecule has 1 unspecified atom stereocenters. The van der Waals surface area contributed by atoms with E-state index in [0.29, 0.717) is 19.3 Å². The second-order valence-corrected chi connectivity index (χ2v) is 6.75. The Kier molecular flexibility index (Phi) is 8.23. The van der Waals surface area contributed by atoms with Gasteiger partial charge in [-0.05, 0) is 42.0 Å². The van der Waals surface area contributed by atoms with Crippen molar-refractivity contribution in [3.63, 3.8) is 0 Å². The molecule has 0 saturated heterocycles. The van der Waals surface area contributed by atoms with Gasteiger partial charge in [-0.3, -0.25) is 4.79 Å². The van der Waals surface area contributed by atoms with Crippen molar-refractivity contribution < 1.29 is 14.3 Å². The molecule has 3 heteroatoms. The Morgan fingerprint density at radius 2 is 1.77 bits per heavy atom. The van der Waals surface area contributed by atoms with Crippen LogP contribution < -0.4 is 0 Å². The minimum absolute atomic E-state index is 0.0716. The number of benzene rings is 2. The number of ketones is 1. The Bertz CT molecular complexity index is 692. The first-order valence-corrected chi connectivity index (χ1v) is 9.19. The van der Waals surface area contributed by atoms with Crippen LogP contribution in [0, 0.1) is 11.7 Å². The van der Waals surface area contributed by atoms with E-state index in [-0.39, 0.29) is 30.0 Å². The average Bonchev–Trinajstić information content (AvgIpc) is 2.66. The van der Waals surface area contributed by atoms with Gasteiger partial charge in [0, 0.05) is 18.8 Å². The number of carbonyl (C=O) groups excluding carboxylic acids is 1. The zero-order valence-electron chi connectivity index (χ0n) is 15.3. The summed E-state index contributed by atoms with van der Waals surface area (Å²) in [5.74, 6) is 0.317. The van der Waals surface area contributed by atoms with E-state index in [1.165, 1.54) is 12.1 Å². The van der Waals surface area contributed by atoms with E-state index in [1.54, 1.807) is 12.1 Å². The third kappa shape index (κ3) is 6.57. The van der Waals surface area contributed by atoms with E-state index >= 15 is 0 Å². The molecule has 0 aliphatic rings. The van der Waals surface area contributed by atoms with E-state index in [1.807, 2.05) is 42.5 Å². The minimum atomic E-state index is -0.247. The maximum absolute atomic E-state index is 12.8. The molecule has 0 aromatic heterocycles. The van der Waals surface area contributed by atoms with Crippen LogP contribution in [0.3, 0.4) is 0 Å². The topological polar surface area (TPSA) is 37.3 Å². The highest BCUT2D eigenvalue weighted by Crippen LogP contribution is 2.27. The second-order valence-electron chi connectivity index (χ2n) is 6.75. The Balaban J connectivity index is 1.73. The first-order valence-electron chi connectivity index (χ1n) is 9.19. The van der Waals surface area contributed by atoms with E-state index in [4.69, 9.17) is 0 Å². The average molecular weight is 354 g/mol. The third-order valence-electron chi connectivity index (χ3n) is 4.76. The highest BCUT2D eigenvalue weighted by atomic mass is 19.1. The summed E-state index contributed by atoms with van der Waals surface area (Å²) in [5, 5.41) is 9.70. The first-order chi connectivity index (χ1) is 12.6. The number of allylic oxidation sites excluding steroid dienone is 1. The lowest BCUT2D eigenvalue weighted by atomic mass is 9.84. The molecule has 0 saturated carbocycles. The summed E-state index contributed by atoms with van der Waals surface area (Å²) in [4.78, 5) is 12.1. The minimum Gasteiger partial charge on any atom is -0.396 e. The zero-order valence-corrected chi connectivity index (χ0v) is 15.3. The van der Waals surface area contributed by atoms with E-state index in [9.17, 15) is 14.3 Å². The molecule has 0 amide bonds. The Morgan fingerprint density at radius 1 is 1.08 bits per heavy atom. The summed E-state index contributed by atoms with van der Waals surface area (Å²) < 4.78 is 12.8. The van der Waals surface area contributed by atoms with Crippen molar-refractivity contribution in [3.8, 4) is 0 Å². The SMILES string of the molecule is C[C@@H](CCC(=O)CC/C=C/c1ccc(F)cc1)C(CO)c1ccccc1. The van der Waals surface area contributed by atoms with E-state index in [0.717, 1.165) is 17.5 Å². The molecule has 2 aromatic rings. The van der Waals surface area contributed by atoms with Crippen LogP contribution in [0.15, 0.2) is 60.7 Å². The van der Waals surface area contributed by atoms with Gasteiger partial charge in [-0.1, -0.05) is 61.5 Å². The van der Waals surface area contributed by atoms with Gasteiger partial charge in [-0.15, -0.1) is 0 Å². The largest absolute Gasteiger partial charge is 0.396 e. The second kappa shape index (κ2) is 10.7. The van der Waals surface area contributed by atoms with Gasteiger partial charge in [0.05, 0.1) is 6.61 Å². The molecule has 0 fully saturated rings. The van der Waals surface area contributed by atoms with Gasteiger partial charge in [-0.25, -0.2) is 4.39 Å². The molecule has 2 atom stereocenters. The van der Waals surface area contributed by atoms with E-state index in [2.05, 4.69) is 6.92 Å². The zero-order chi connectivity index (χ0) is 18.8. The van der Waals surface area contributed by atoms with Crippen LogP contribution in [0.2, 0.25) is 0 Å². The number of Topliss-reactive ketones (excluding diaryl/α,β-unsaturated/α-hetero) is 1. The van der Waals surface area contributed by atoms with Crippen LogP contribution in [0.25, 0.3) is 6.08 Å². The summed E-state index contributed by atoms with van der Waals surface area (Å²) in [7, 11) is 0. The highest BCUT2D eigenvalue weighted by Gasteiger charge is 2.19. The van der Waals surface area contributed by atoms with Crippen molar-refractivity contribution in [2.24, 2.45) is 5.92 Å². The molecule has 0 aliphatic heterocycles. The third-order valence-corrected chi connectivity index (χ3v) is 4.76. The van der Waals surface area contributed by atoms with Gasteiger partial charge in [0.2, 0.25) is 0 Å². The van der Waals surface area contributed by atoms with Crippen LogP contribution in [0.5, 0.6) is 0 Å².